The lowest BCUT2D eigenvalue weighted by Crippen LogP contribution is -2.18. The zero-order valence-electron chi connectivity index (χ0n) is 6.10. The van der Waals surface area contributed by atoms with Crippen LogP contribution in [0.15, 0.2) is 12.2 Å². The smallest absolute Gasteiger partial charge is 0.332 e. The summed E-state index contributed by atoms with van der Waals surface area (Å²) >= 11 is 0. The second-order valence-corrected chi connectivity index (χ2v) is 2.09. The summed E-state index contributed by atoms with van der Waals surface area (Å²) in [5, 5.41) is 25.2. The minimum Gasteiger partial charge on any atom is -0.479 e. The van der Waals surface area contributed by atoms with Gasteiger partial charge in [0.05, 0.1) is 6.61 Å². The van der Waals surface area contributed by atoms with Crippen LogP contribution in [-0.4, -0.2) is 34.0 Å². The van der Waals surface area contributed by atoms with E-state index >= 15 is 0 Å². The normalized spacial score (nSPS) is 13.6. The Labute approximate surface area is 64.8 Å². The van der Waals surface area contributed by atoms with E-state index < -0.39 is 12.1 Å². The molecule has 0 aliphatic carbocycles. The third-order valence-corrected chi connectivity index (χ3v) is 1.16. The van der Waals surface area contributed by atoms with Crippen LogP contribution in [0.5, 0.6) is 0 Å². The van der Waals surface area contributed by atoms with Crippen molar-refractivity contribution in [3.05, 3.63) is 12.2 Å². The topological polar surface area (TPSA) is 77.8 Å². The van der Waals surface area contributed by atoms with Crippen LogP contribution in [0.1, 0.15) is 12.8 Å². The van der Waals surface area contributed by atoms with E-state index in [-0.39, 0.29) is 13.0 Å². The van der Waals surface area contributed by atoms with Gasteiger partial charge in [-0.2, -0.15) is 0 Å². The highest BCUT2D eigenvalue weighted by Crippen LogP contribution is 1.97. The van der Waals surface area contributed by atoms with E-state index in [9.17, 15) is 4.79 Å². The summed E-state index contributed by atoms with van der Waals surface area (Å²) in [5.41, 5.74) is 0. The number of hydrogen-bond donors (Lipinski definition) is 3. The van der Waals surface area contributed by atoms with Crippen molar-refractivity contribution in [2.45, 2.75) is 18.9 Å². The number of hydrogen-bond acceptors (Lipinski definition) is 3. The molecule has 0 aliphatic heterocycles. The van der Waals surface area contributed by atoms with E-state index in [4.69, 9.17) is 15.3 Å². The van der Waals surface area contributed by atoms with Gasteiger partial charge in [0.2, 0.25) is 0 Å². The largest absolute Gasteiger partial charge is 0.479 e. The Balaban J connectivity index is 3.38. The molecule has 3 N–H and O–H groups in total. The predicted octanol–water partition coefficient (Wildman–Crippen LogP) is -0.239. The molecule has 1 unspecified atom stereocenters. The van der Waals surface area contributed by atoms with Gasteiger partial charge < -0.3 is 15.3 Å². The van der Waals surface area contributed by atoms with Crippen molar-refractivity contribution in [3.63, 3.8) is 0 Å². The van der Waals surface area contributed by atoms with E-state index in [1.54, 1.807) is 6.08 Å². The summed E-state index contributed by atoms with van der Waals surface area (Å²) in [6.07, 6.45) is 2.50. The molecule has 0 heterocycles. The average molecular weight is 160 g/mol. The van der Waals surface area contributed by atoms with Crippen molar-refractivity contribution in [2.24, 2.45) is 0 Å². The summed E-state index contributed by atoms with van der Waals surface area (Å²) in [4.78, 5) is 10.0. The molecule has 0 amide bonds. The van der Waals surface area contributed by atoms with E-state index in [2.05, 4.69) is 0 Å². The molecule has 1 atom stereocenters. The molecule has 0 aromatic heterocycles. The van der Waals surface area contributed by atoms with Crippen LogP contribution in [0, 0.1) is 0 Å². The molecule has 0 saturated carbocycles. The highest BCUT2D eigenvalue weighted by Gasteiger charge is 2.10. The number of aliphatic hydroxyl groups excluding tert-OH is 2. The number of carboxylic acids is 1. The molecule has 64 valence electrons. The van der Waals surface area contributed by atoms with Gasteiger partial charge in [0.1, 0.15) is 0 Å². The van der Waals surface area contributed by atoms with Crippen LogP contribution in [0.3, 0.4) is 0 Å². The Morgan fingerprint density at radius 1 is 1.45 bits per heavy atom. The van der Waals surface area contributed by atoms with Gasteiger partial charge in [-0.05, 0) is 12.8 Å². The lowest BCUT2D eigenvalue weighted by molar-refractivity contribution is -0.146. The van der Waals surface area contributed by atoms with Crippen LogP contribution in [0.2, 0.25) is 0 Å². The lowest BCUT2D eigenvalue weighted by Gasteiger charge is -2.00. The fourth-order valence-electron chi connectivity index (χ4n) is 0.570. The first-order valence-electron chi connectivity index (χ1n) is 3.35. The zero-order chi connectivity index (χ0) is 8.69. The van der Waals surface area contributed by atoms with Gasteiger partial charge in [-0.3, -0.25) is 0 Å². The fraction of sp³-hybridized carbons (Fsp3) is 0.571. The second kappa shape index (κ2) is 5.88. The molecule has 0 aromatic carbocycles. The Morgan fingerprint density at radius 2 is 2.09 bits per heavy atom. The maximum absolute atomic E-state index is 10.0. The molecular weight excluding hydrogens is 148 g/mol. The standard InChI is InChI=1S/C7H12O4/c8-5-3-1-2-4-6(9)7(10)11/h1,3,6,8-9H,2,4-5H2,(H,10,11). The number of allylic oxidation sites excluding steroid dienone is 1. The lowest BCUT2D eigenvalue weighted by atomic mass is 10.2. The van der Waals surface area contributed by atoms with Gasteiger partial charge in [-0.1, -0.05) is 12.2 Å². The minimum atomic E-state index is -1.29. The van der Waals surface area contributed by atoms with E-state index in [1.807, 2.05) is 0 Å². The third-order valence-electron chi connectivity index (χ3n) is 1.16. The molecule has 0 fully saturated rings. The van der Waals surface area contributed by atoms with Gasteiger partial charge >= 0.3 is 5.97 Å². The first-order valence-corrected chi connectivity index (χ1v) is 3.35. The Morgan fingerprint density at radius 3 is 2.55 bits per heavy atom. The van der Waals surface area contributed by atoms with Crippen molar-refractivity contribution in [2.75, 3.05) is 6.61 Å². The SMILES string of the molecule is O=C(O)C(O)CCC=CCO. The number of rotatable bonds is 5. The molecular formula is C7H12O4. The van der Waals surface area contributed by atoms with Crippen molar-refractivity contribution >= 4 is 5.97 Å². The van der Waals surface area contributed by atoms with E-state index in [0.29, 0.717) is 6.42 Å². The number of aliphatic carboxylic acids is 1. The molecule has 4 heteroatoms. The van der Waals surface area contributed by atoms with E-state index in [0.717, 1.165) is 0 Å². The number of aliphatic hydroxyl groups is 2. The van der Waals surface area contributed by atoms with Gasteiger partial charge in [-0.15, -0.1) is 0 Å². The molecule has 0 bridgehead atoms. The molecule has 0 radical (unpaired) electrons. The molecule has 0 saturated heterocycles. The molecule has 0 spiro atoms. The van der Waals surface area contributed by atoms with Crippen LogP contribution >= 0.6 is 0 Å². The van der Waals surface area contributed by atoms with Crippen molar-refractivity contribution in [3.8, 4) is 0 Å². The van der Waals surface area contributed by atoms with Crippen LogP contribution in [0.4, 0.5) is 0 Å². The molecule has 0 rings (SSSR count). The summed E-state index contributed by atoms with van der Waals surface area (Å²) in [7, 11) is 0. The summed E-state index contributed by atoms with van der Waals surface area (Å²) in [6.45, 7) is -0.0524. The van der Waals surface area contributed by atoms with Crippen LogP contribution in [0.25, 0.3) is 0 Å². The number of carboxylic acid groups (broad SMARTS) is 1. The monoisotopic (exact) mass is 160 g/mol. The van der Waals surface area contributed by atoms with Gasteiger partial charge in [0.15, 0.2) is 6.10 Å². The Kier molecular flexibility index (Phi) is 5.42. The minimum absolute atomic E-state index is 0.0524. The van der Waals surface area contributed by atoms with E-state index in [1.165, 1.54) is 6.08 Å². The first kappa shape index (κ1) is 10.1. The Bertz CT molecular complexity index is 141. The van der Waals surface area contributed by atoms with Crippen LogP contribution in [-0.2, 0) is 4.79 Å². The highest BCUT2D eigenvalue weighted by atomic mass is 16.4. The maximum atomic E-state index is 10.0. The maximum Gasteiger partial charge on any atom is 0.332 e. The predicted molar refractivity (Wildman–Crippen MR) is 39.1 cm³/mol. The fourth-order valence-corrected chi connectivity index (χ4v) is 0.570. The zero-order valence-corrected chi connectivity index (χ0v) is 6.10. The molecule has 0 aromatic rings. The summed E-state index contributed by atoms with van der Waals surface area (Å²) in [5.74, 6) is -1.21. The summed E-state index contributed by atoms with van der Waals surface area (Å²) in [6, 6.07) is 0. The summed E-state index contributed by atoms with van der Waals surface area (Å²) < 4.78 is 0. The highest BCUT2D eigenvalue weighted by molar-refractivity contribution is 5.71. The molecule has 4 nitrogen and oxygen atoms in total. The van der Waals surface area contributed by atoms with Gasteiger partial charge in [0, 0.05) is 0 Å². The quantitative estimate of drug-likeness (QED) is 0.485. The second-order valence-electron chi connectivity index (χ2n) is 2.09. The van der Waals surface area contributed by atoms with Gasteiger partial charge in [-0.25, -0.2) is 4.79 Å². The van der Waals surface area contributed by atoms with Crippen LogP contribution < -0.4 is 0 Å². The number of carbonyl (C=O) groups is 1. The van der Waals surface area contributed by atoms with Gasteiger partial charge in [0.25, 0.3) is 0 Å². The first-order chi connectivity index (χ1) is 5.18. The molecule has 0 aliphatic rings. The average Bonchev–Trinajstić information content (AvgIpc) is 1.97. The van der Waals surface area contributed by atoms with Crippen molar-refractivity contribution in [1.82, 2.24) is 0 Å². The van der Waals surface area contributed by atoms with Crippen molar-refractivity contribution < 1.29 is 20.1 Å². The Hall–Kier alpha value is -0.870. The molecule has 11 heavy (non-hydrogen) atoms. The van der Waals surface area contributed by atoms with Crippen molar-refractivity contribution in [1.29, 1.82) is 0 Å². The third kappa shape index (κ3) is 5.57.